The first kappa shape index (κ1) is 20.0. The zero-order chi connectivity index (χ0) is 20.9. The summed E-state index contributed by atoms with van der Waals surface area (Å²) in [5.74, 6) is 0.295. The summed E-state index contributed by atoms with van der Waals surface area (Å²) in [5.41, 5.74) is 6.79. The SMILES string of the molecule is Cc1noc2c1-c1sc(C)c(C)c1C(c1cscn1)=N[C@H]2CC(=O)OC(C)(C)C. The smallest absolute Gasteiger partial charge is 0.308 e. The van der Waals surface area contributed by atoms with Crippen LogP contribution in [0.4, 0.5) is 0 Å². The Balaban J connectivity index is 1.89. The minimum absolute atomic E-state index is 0.0828. The highest BCUT2D eigenvalue weighted by molar-refractivity contribution is 7.16. The first-order chi connectivity index (χ1) is 13.7. The van der Waals surface area contributed by atoms with Crippen molar-refractivity contribution in [1.29, 1.82) is 0 Å². The average molecular weight is 430 g/mol. The largest absolute Gasteiger partial charge is 0.460 e. The van der Waals surface area contributed by atoms with Crippen LogP contribution >= 0.6 is 22.7 Å². The number of aliphatic imine (C=N–C) groups is 1. The van der Waals surface area contributed by atoms with Gasteiger partial charge in [-0.25, -0.2) is 4.98 Å². The van der Waals surface area contributed by atoms with E-state index in [1.54, 1.807) is 16.8 Å². The van der Waals surface area contributed by atoms with Crippen molar-refractivity contribution in [3.05, 3.63) is 44.0 Å². The number of aromatic nitrogens is 2. The quantitative estimate of drug-likeness (QED) is 0.520. The molecule has 8 heteroatoms. The zero-order valence-corrected chi connectivity index (χ0v) is 19.0. The Bertz CT molecular complexity index is 1100. The number of carbonyl (C=O) groups is 1. The van der Waals surface area contributed by atoms with Gasteiger partial charge in [0.25, 0.3) is 0 Å². The van der Waals surface area contributed by atoms with E-state index in [0.717, 1.165) is 33.1 Å². The van der Waals surface area contributed by atoms with E-state index in [4.69, 9.17) is 14.3 Å². The molecule has 4 heterocycles. The van der Waals surface area contributed by atoms with Gasteiger partial charge in [0.1, 0.15) is 11.6 Å². The van der Waals surface area contributed by atoms with Crippen LogP contribution < -0.4 is 0 Å². The second-order valence-electron chi connectivity index (χ2n) is 8.15. The molecule has 0 N–H and O–H groups in total. The lowest BCUT2D eigenvalue weighted by Crippen LogP contribution is -2.24. The third kappa shape index (κ3) is 3.67. The maximum Gasteiger partial charge on any atom is 0.308 e. The van der Waals surface area contributed by atoms with E-state index in [1.165, 1.54) is 21.8 Å². The summed E-state index contributed by atoms with van der Waals surface area (Å²) in [4.78, 5) is 24.4. The Kier molecular flexibility index (Phi) is 4.94. The molecule has 3 aromatic rings. The maximum absolute atomic E-state index is 12.6. The first-order valence-corrected chi connectivity index (χ1v) is 11.2. The molecule has 1 aliphatic rings. The topological polar surface area (TPSA) is 77.6 Å². The van der Waals surface area contributed by atoms with Crippen molar-refractivity contribution in [2.75, 3.05) is 0 Å². The van der Waals surface area contributed by atoms with Gasteiger partial charge in [-0.1, -0.05) is 5.16 Å². The highest BCUT2D eigenvalue weighted by Gasteiger charge is 2.35. The van der Waals surface area contributed by atoms with Crippen LogP contribution in [0.3, 0.4) is 0 Å². The van der Waals surface area contributed by atoms with E-state index >= 15 is 0 Å². The number of fused-ring (bicyclic) bond motifs is 3. The molecule has 1 atom stereocenters. The first-order valence-electron chi connectivity index (χ1n) is 9.41. The molecule has 152 valence electrons. The number of hydrogen-bond donors (Lipinski definition) is 0. The number of nitrogens with zero attached hydrogens (tertiary/aromatic N) is 3. The van der Waals surface area contributed by atoms with E-state index in [-0.39, 0.29) is 12.4 Å². The number of rotatable bonds is 3. The van der Waals surface area contributed by atoms with Gasteiger partial charge in [-0.05, 0) is 47.1 Å². The van der Waals surface area contributed by atoms with Crippen LogP contribution in [0.15, 0.2) is 20.4 Å². The number of thiazole rings is 1. The maximum atomic E-state index is 12.6. The second kappa shape index (κ2) is 7.18. The number of thiophene rings is 1. The molecule has 1 aliphatic heterocycles. The van der Waals surface area contributed by atoms with Gasteiger partial charge in [-0.15, -0.1) is 22.7 Å². The Hall–Kier alpha value is -2.32. The fourth-order valence-corrected chi connectivity index (χ4v) is 5.26. The molecule has 4 rings (SSSR count). The van der Waals surface area contributed by atoms with Crippen molar-refractivity contribution in [2.24, 2.45) is 4.99 Å². The fourth-order valence-electron chi connectivity index (χ4n) is 3.46. The second-order valence-corrected chi connectivity index (χ2v) is 10.1. The van der Waals surface area contributed by atoms with Gasteiger partial charge >= 0.3 is 5.97 Å². The summed E-state index contributed by atoms with van der Waals surface area (Å²) in [6.07, 6.45) is 0.0828. The number of hydrogen-bond acceptors (Lipinski definition) is 8. The van der Waals surface area contributed by atoms with Crippen LogP contribution in [0.25, 0.3) is 10.4 Å². The van der Waals surface area contributed by atoms with Crippen molar-refractivity contribution in [1.82, 2.24) is 10.1 Å². The molecular formula is C21H23N3O3S2. The Morgan fingerprint density at radius 1 is 1.24 bits per heavy atom. The molecule has 0 aromatic carbocycles. The standard InChI is InChI=1S/C21H23N3O3S2/c1-10-12(3)29-20-16(10)18(14-8-28-9-22-14)23-13(7-15(25)26-21(4,5)6)19-17(20)11(2)24-27-19/h8-9,13H,7H2,1-6H3/t13-/m0/s1. The van der Waals surface area contributed by atoms with Gasteiger partial charge in [-0.2, -0.15) is 0 Å². The number of carbonyl (C=O) groups excluding carboxylic acids is 1. The average Bonchev–Trinajstić information content (AvgIpc) is 3.30. The van der Waals surface area contributed by atoms with Crippen molar-refractivity contribution >= 4 is 34.4 Å². The molecule has 0 amide bonds. The fraction of sp³-hybridized carbons (Fsp3) is 0.429. The van der Waals surface area contributed by atoms with E-state index in [1.807, 2.05) is 33.1 Å². The molecule has 6 nitrogen and oxygen atoms in total. The summed E-state index contributed by atoms with van der Waals surface area (Å²) in [7, 11) is 0. The number of aryl methyl sites for hydroxylation is 2. The molecule has 0 saturated heterocycles. The van der Waals surface area contributed by atoms with Gasteiger partial charge in [0.05, 0.1) is 34.6 Å². The summed E-state index contributed by atoms with van der Waals surface area (Å²) in [6, 6.07) is -0.517. The Labute approximate surface area is 177 Å². The highest BCUT2D eigenvalue weighted by atomic mass is 32.1. The minimum Gasteiger partial charge on any atom is -0.460 e. The van der Waals surface area contributed by atoms with Gasteiger partial charge < -0.3 is 9.26 Å². The highest BCUT2D eigenvalue weighted by Crippen LogP contribution is 2.46. The zero-order valence-electron chi connectivity index (χ0n) is 17.3. The number of esters is 1. The van der Waals surface area contributed by atoms with Crippen molar-refractivity contribution < 1.29 is 14.1 Å². The summed E-state index contributed by atoms with van der Waals surface area (Å²) < 4.78 is 11.3. The van der Waals surface area contributed by atoms with Crippen molar-refractivity contribution in [3.63, 3.8) is 0 Å². The van der Waals surface area contributed by atoms with Crippen LogP contribution in [-0.2, 0) is 9.53 Å². The molecule has 29 heavy (non-hydrogen) atoms. The lowest BCUT2D eigenvalue weighted by molar-refractivity contribution is -0.155. The van der Waals surface area contributed by atoms with Crippen LogP contribution in [0.1, 0.15) is 66.4 Å². The van der Waals surface area contributed by atoms with Crippen LogP contribution in [-0.4, -0.2) is 27.4 Å². The normalized spacial score (nSPS) is 16.1. The monoisotopic (exact) mass is 429 g/mol. The van der Waals surface area contributed by atoms with E-state index in [9.17, 15) is 4.79 Å². The number of ether oxygens (including phenoxy) is 1. The molecule has 0 unspecified atom stereocenters. The molecule has 0 radical (unpaired) electrons. The minimum atomic E-state index is -0.560. The molecule has 0 saturated carbocycles. The third-order valence-corrected chi connectivity index (χ3v) is 6.59. The van der Waals surface area contributed by atoms with Gasteiger partial charge in [-0.3, -0.25) is 9.79 Å². The van der Waals surface area contributed by atoms with Crippen molar-refractivity contribution in [2.45, 2.75) is 59.6 Å². The van der Waals surface area contributed by atoms with Crippen LogP contribution in [0, 0.1) is 20.8 Å². The van der Waals surface area contributed by atoms with E-state index < -0.39 is 11.6 Å². The summed E-state index contributed by atoms with van der Waals surface area (Å²) in [5, 5.41) is 6.18. The Morgan fingerprint density at radius 2 is 2.00 bits per heavy atom. The van der Waals surface area contributed by atoms with E-state index in [0.29, 0.717) is 5.76 Å². The predicted octanol–water partition coefficient (Wildman–Crippen LogP) is 5.41. The molecule has 0 fully saturated rings. The van der Waals surface area contributed by atoms with Crippen LogP contribution in [0.5, 0.6) is 0 Å². The summed E-state index contributed by atoms with van der Waals surface area (Å²) in [6.45, 7) is 11.7. The van der Waals surface area contributed by atoms with Gasteiger partial charge in [0.2, 0.25) is 0 Å². The molecule has 0 bridgehead atoms. The molecule has 0 spiro atoms. The van der Waals surface area contributed by atoms with Gasteiger partial charge in [0, 0.05) is 20.7 Å². The molecular weight excluding hydrogens is 406 g/mol. The van der Waals surface area contributed by atoms with Crippen LogP contribution in [0.2, 0.25) is 0 Å². The molecule has 3 aromatic heterocycles. The van der Waals surface area contributed by atoms with E-state index in [2.05, 4.69) is 24.0 Å². The summed E-state index contributed by atoms with van der Waals surface area (Å²) >= 11 is 3.23. The lowest BCUT2D eigenvalue weighted by atomic mass is 9.99. The lowest BCUT2D eigenvalue weighted by Gasteiger charge is -2.20. The third-order valence-electron chi connectivity index (χ3n) is 4.78. The van der Waals surface area contributed by atoms with Crippen molar-refractivity contribution in [3.8, 4) is 10.4 Å². The predicted molar refractivity (Wildman–Crippen MR) is 115 cm³/mol. The Morgan fingerprint density at radius 3 is 2.66 bits per heavy atom. The molecule has 0 aliphatic carbocycles. The van der Waals surface area contributed by atoms with Gasteiger partial charge in [0.15, 0.2) is 5.76 Å².